The molecule has 0 aromatic carbocycles. The molecule has 7 nitrogen and oxygen atoms in total. The molecule has 1 rings (SSSR count). The molecular weight excluding hydrogens is 212 g/mol. The van der Waals surface area contributed by atoms with Gasteiger partial charge in [-0.2, -0.15) is 5.10 Å². The van der Waals surface area contributed by atoms with Crippen LogP contribution >= 0.6 is 0 Å². The first-order valence-electron chi connectivity index (χ1n) is 5.03. The lowest BCUT2D eigenvalue weighted by molar-refractivity contribution is -0.385. The normalized spacial score (nSPS) is 10.1. The molecule has 0 aliphatic rings. The second kappa shape index (κ2) is 5.24. The Bertz CT molecular complexity index is 384. The summed E-state index contributed by atoms with van der Waals surface area (Å²) in [5.41, 5.74) is -0.104. The molecule has 0 saturated carbocycles. The summed E-state index contributed by atoms with van der Waals surface area (Å²) >= 11 is 0. The Labute approximate surface area is 92.8 Å². The van der Waals surface area contributed by atoms with E-state index in [0.717, 1.165) is 6.20 Å². The van der Waals surface area contributed by atoms with Gasteiger partial charge >= 0.3 is 5.69 Å². The van der Waals surface area contributed by atoms with Crippen LogP contribution in [0.15, 0.2) is 12.4 Å². The van der Waals surface area contributed by atoms with Crippen molar-refractivity contribution < 1.29 is 9.72 Å². The Balaban J connectivity index is 2.65. The largest absolute Gasteiger partial charge is 0.342 e. The number of hydrogen-bond acceptors (Lipinski definition) is 4. The van der Waals surface area contributed by atoms with Crippen LogP contribution in [0.25, 0.3) is 0 Å². The minimum atomic E-state index is -0.536. The smallest absolute Gasteiger partial charge is 0.307 e. The third kappa shape index (κ3) is 2.78. The molecule has 0 aliphatic carbocycles. The molecule has 1 heterocycles. The fourth-order valence-electron chi connectivity index (χ4n) is 1.35. The summed E-state index contributed by atoms with van der Waals surface area (Å²) < 4.78 is 1.28. The van der Waals surface area contributed by atoms with Crippen LogP contribution in [0.1, 0.15) is 13.8 Å². The zero-order valence-electron chi connectivity index (χ0n) is 9.29. The second-order valence-corrected chi connectivity index (χ2v) is 3.22. The van der Waals surface area contributed by atoms with E-state index in [4.69, 9.17) is 0 Å². The summed E-state index contributed by atoms with van der Waals surface area (Å²) in [6.45, 7) is 5.05. The highest BCUT2D eigenvalue weighted by molar-refractivity contribution is 5.75. The number of amides is 1. The topological polar surface area (TPSA) is 81.3 Å². The van der Waals surface area contributed by atoms with Crippen LogP contribution in [0.3, 0.4) is 0 Å². The molecule has 0 bridgehead atoms. The van der Waals surface area contributed by atoms with Crippen LogP contribution < -0.4 is 0 Å². The standard InChI is InChI=1S/C9H14N4O3/c1-3-11(4-2)9(14)7-12-6-8(5-10-12)13(15)16/h5-6H,3-4,7H2,1-2H3. The van der Waals surface area contributed by atoms with E-state index in [9.17, 15) is 14.9 Å². The summed E-state index contributed by atoms with van der Waals surface area (Å²) in [6.07, 6.45) is 2.39. The van der Waals surface area contributed by atoms with Gasteiger partial charge in [-0.05, 0) is 13.8 Å². The van der Waals surface area contributed by atoms with Crippen LogP contribution in [0, 0.1) is 10.1 Å². The third-order valence-corrected chi connectivity index (χ3v) is 2.24. The molecule has 88 valence electrons. The Morgan fingerprint density at radius 1 is 1.56 bits per heavy atom. The molecule has 1 aromatic heterocycles. The van der Waals surface area contributed by atoms with Gasteiger partial charge in [0.2, 0.25) is 5.91 Å². The number of carbonyl (C=O) groups excluding carboxylic acids is 1. The molecule has 1 amide bonds. The molecule has 0 atom stereocenters. The van der Waals surface area contributed by atoms with Crippen molar-refractivity contribution in [3.8, 4) is 0 Å². The van der Waals surface area contributed by atoms with Gasteiger partial charge < -0.3 is 4.90 Å². The molecule has 0 fully saturated rings. The van der Waals surface area contributed by atoms with Crippen molar-refractivity contribution in [2.75, 3.05) is 13.1 Å². The Morgan fingerprint density at radius 3 is 2.62 bits per heavy atom. The zero-order valence-corrected chi connectivity index (χ0v) is 9.29. The number of carbonyl (C=O) groups is 1. The molecule has 0 radical (unpaired) electrons. The van der Waals surface area contributed by atoms with Gasteiger partial charge in [-0.1, -0.05) is 0 Å². The van der Waals surface area contributed by atoms with Crippen LogP contribution in [0.4, 0.5) is 5.69 Å². The molecule has 0 aliphatic heterocycles. The maximum atomic E-state index is 11.6. The van der Waals surface area contributed by atoms with E-state index >= 15 is 0 Å². The SMILES string of the molecule is CCN(CC)C(=O)Cn1cc([N+](=O)[O-])cn1. The lowest BCUT2D eigenvalue weighted by Crippen LogP contribution is -2.33. The highest BCUT2D eigenvalue weighted by Crippen LogP contribution is 2.07. The highest BCUT2D eigenvalue weighted by Gasteiger charge is 2.13. The maximum Gasteiger partial charge on any atom is 0.307 e. The number of rotatable bonds is 5. The van der Waals surface area contributed by atoms with Gasteiger partial charge in [0.05, 0.1) is 4.92 Å². The van der Waals surface area contributed by atoms with Crippen LogP contribution in [-0.2, 0) is 11.3 Å². The first kappa shape index (κ1) is 12.2. The first-order valence-corrected chi connectivity index (χ1v) is 5.03. The molecule has 1 aromatic rings. The predicted octanol–water partition coefficient (Wildman–Crippen LogP) is 0.660. The molecule has 7 heteroatoms. The maximum absolute atomic E-state index is 11.6. The lowest BCUT2D eigenvalue weighted by atomic mass is 10.4. The van der Waals surface area contributed by atoms with E-state index in [1.54, 1.807) is 4.90 Å². The van der Waals surface area contributed by atoms with E-state index in [1.165, 1.54) is 10.9 Å². The molecule has 0 spiro atoms. The number of aromatic nitrogens is 2. The predicted molar refractivity (Wildman–Crippen MR) is 56.8 cm³/mol. The monoisotopic (exact) mass is 226 g/mol. The van der Waals surface area contributed by atoms with Gasteiger partial charge in [-0.3, -0.25) is 19.6 Å². The third-order valence-electron chi connectivity index (χ3n) is 2.24. The molecule has 0 saturated heterocycles. The van der Waals surface area contributed by atoms with Crippen molar-refractivity contribution in [3.05, 3.63) is 22.5 Å². The van der Waals surface area contributed by atoms with E-state index in [2.05, 4.69) is 5.10 Å². The van der Waals surface area contributed by atoms with Crippen molar-refractivity contribution in [1.29, 1.82) is 0 Å². The molecule has 0 unspecified atom stereocenters. The minimum Gasteiger partial charge on any atom is -0.342 e. The number of hydrogen-bond donors (Lipinski definition) is 0. The van der Waals surface area contributed by atoms with Gasteiger partial charge in [-0.25, -0.2) is 0 Å². The van der Waals surface area contributed by atoms with Crippen molar-refractivity contribution in [3.63, 3.8) is 0 Å². The van der Waals surface area contributed by atoms with Gasteiger partial charge in [0.1, 0.15) is 18.9 Å². The Hall–Kier alpha value is -1.92. The second-order valence-electron chi connectivity index (χ2n) is 3.22. The number of nitrogens with zero attached hydrogens (tertiary/aromatic N) is 4. The summed E-state index contributed by atoms with van der Waals surface area (Å²) in [5, 5.41) is 14.2. The van der Waals surface area contributed by atoms with Crippen LogP contribution in [0.5, 0.6) is 0 Å². The van der Waals surface area contributed by atoms with E-state index in [1.807, 2.05) is 13.8 Å². The van der Waals surface area contributed by atoms with Gasteiger partial charge in [0.15, 0.2) is 0 Å². The molecule has 16 heavy (non-hydrogen) atoms. The average molecular weight is 226 g/mol. The summed E-state index contributed by atoms with van der Waals surface area (Å²) in [7, 11) is 0. The van der Waals surface area contributed by atoms with Crippen LogP contribution in [0.2, 0.25) is 0 Å². The fraction of sp³-hybridized carbons (Fsp3) is 0.556. The quantitative estimate of drug-likeness (QED) is 0.545. The number of nitro groups is 1. The highest BCUT2D eigenvalue weighted by atomic mass is 16.6. The summed E-state index contributed by atoms with van der Waals surface area (Å²) in [5.74, 6) is -0.0944. The molecule has 0 N–H and O–H groups in total. The van der Waals surface area contributed by atoms with Gasteiger partial charge in [-0.15, -0.1) is 0 Å². The zero-order chi connectivity index (χ0) is 12.1. The summed E-state index contributed by atoms with van der Waals surface area (Å²) in [6, 6.07) is 0. The average Bonchev–Trinajstić information content (AvgIpc) is 2.68. The Kier molecular flexibility index (Phi) is 3.98. The Morgan fingerprint density at radius 2 is 2.19 bits per heavy atom. The van der Waals surface area contributed by atoms with Crippen molar-refractivity contribution in [2.24, 2.45) is 0 Å². The lowest BCUT2D eigenvalue weighted by Gasteiger charge is -2.18. The first-order chi connectivity index (χ1) is 7.58. The van der Waals surface area contributed by atoms with Crippen molar-refractivity contribution in [2.45, 2.75) is 20.4 Å². The van der Waals surface area contributed by atoms with E-state index < -0.39 is 4.92 Å². The van der Waals surface area contributed by atoms with Crippen LogP contribution in [-0.4, -0.2) is 38.6 Å². The van der Waals surface area contributed by atoms with Crippen molar-refractivity contribution >= 4 is 11.6 Å². The van der Waals surface area contributed by atoms with Gasteiger partial charge in [0.25, 0.3) is 0 Å². The number of likely N-dealkylation sites (N-methyl/N-ethyl adjacent to an activating group) is 1. The summed E-state index contributed by atoms with van der Waals surface area (Å²) in [4.78, 5) is 23.2. The van der Waals surface area contributed by atoms with E-state index in [-0.39, 0.29) is 18.1 Å². The molecular formula is C9H14N4O3. The van der Waals surface area contributed by atoms with E-state index in [0.29, 0.717) is 13.1 Å². The minimum absolute atomic E-state index is 0.0372. The van der Waals surface area contributed by atoms with Crippen molar-refractivity contribution in [1.82, 2.24) is 14.7 Å². The fourth-order valence-corrected chi connectivity index (χ4v) is 1.35. The van der Waals surface area contributed by atoms with Gasteiger partial charge in [0, 0.05) is 13.1 Å².